The van der Waals surface area contributed by atoms with Crippen molar-refractivity contribution in [2.45, 2.75) is 85.0 Å². The van der Waals surface area contributed by atoms with Gasteiger partial charge in [-0.15, -0.1) is 0 Å². The van der Waals surface area contributed by atoms with Crippen LogP contribution >= 0.6 is 0 Å². The molecule has 0 saturated heterocycles. The summed E-state index contributed by atoms with van der Waals surface area (Å²) in [6, 6.07) is 7.70. The fraction of sp³-hybridized carbons (Fsp3) is 0.593. The second-order valence-corrected chi connectivity index (χ2v) is 8.60. The molecule has 4 heteroatoms. The van der Waals surface area contributed by atoms with Gasteiger partial charge in [-0.1, -0.05) is 77.1 Å². The summed E-state index contributed by atoms with van der Waals surface area (Å²) in [7, 11) is 0. The maximum absolute atomic E-state index is 12.4. The van der Waals surface area contributed by atoms with Gasteiger partial charge in [0.25, 0.3) is 0 Å². The van der Waals surface area contributed by atoms with E-state index in [0.29, 0.717) is 12.2 Å². The molecule has 1 atom stereocenters. The number of aryl methyl sites for hydroxylation is 1. The first-order chi connectivity index (χ1) is 15.1. The zero-order valence-electron chi connectivity index (χ0n) is 19.7. The van der Waals surface area contributed by atoms with E-state index in [-0.39, 0.29) is 5.78 Å². The fourth-order valence-electron chi connectivity index (χ4n) is 3.50. The summed E-state index contributed by atoms with van der Waals surface area (Å²) in [4.78, 5) is 21.4. The summed E-state index contributed by atoms with van der Waals surface area (Å²) in [6.45, 7) is 8.35. The topological polar surface area (TPSA) is 52.1 Å². The van der Waals surface area contributed by atoms with Crippen molar-refractivity contribution < 1.29 is 9.53 Å². The van der Waals surface area contributed by atoms with E-state index in [1.807, 2.05) is 36.7 Å². The molecule has 0 aliphatic heterocycles. The van der Waals surface area contributed by atoms with E-state index in [0.717, 1.165) is 67.9 Å². The number of hydrogen-bond donors (Lipinski definition) is 0. The van der Waals surface area contributed by atoms with Crippen molar-refractivity contribution >= 4 is 5.78 Å². The molecule has 4 nitrogen and oxygen atoms in total. The van der Waals surface area contributed by atoms with E-state index >= 15 is 0 Å². The van der Waals surface area contributed by atoms with Crippen molar-refractivity contribution in [3.8, 4) is 11.4 Å². The number of carbonyl (C=O) groups is 1. The maximum atomic E-state index is 12.4. The predicted octanol–water partition coefficient (Wildman–Crippen LogP) is 7.07. The summed E-state index contributed by atoms with van der Waals surface area (Å²) < 4.78 is 5.66. The van der Waals surface area contributed by atoms with Gasteiger partial charge in [0.05, 0.1) is 0 Å². The van der Waals surface area contributed by atoms with Crippen LogP contribution in [-0.4, -0.2) is 29.0 Å². The molecule has 0 spiro atoms. The number of carbonyl (C=O) groups excluding carboxylic acids is 1. The molecule has 2 aromatic rings. The number of benzene rings is 1. The fourth-order valence-corrected chi connectivity index (χ4v) is 3.50. The molecule has 0 aliphatic carbocycles. The molecule has 1 heterocycles. The van der Waals surface area contributed by atoms with Crippen LogP contribution < -0.4 is 0 Å². The Morgan fingerprint density at radius 2 is 1.65 bits per heavy atom. The third kappa shape index (κ3) is 9.73. The number of hydrogen-bond acceptors (Lipinski definition) is 4. The normalized spacial score (nSPS) is 12.1. The lowest BCUT2D eigenvalue weighted by atomic mass is 9.98. The van der Waals surface area contributed by atoms with Gasteiger partial charge in [-0.25, -0.2) is 9.97 Å². The van der Waals surface area contributed by atoms with Gasteiger partial charge in [0.2, 0.25) is 0 Å². The van der Waals surface area contributed by atoms with Gasteiger partial charge < -0.3 is 4.74 Å². The first kappa shape index (κ1) is 25.2. The zero-order chi connectivity index (χ0) is 22.3. The van der Waals surface area contributed by atoms with Crippen LogP contribution in [0, 0.1) is 5.92 Å². The predicted molar refractivity (Wildman–Crippen MR) is 128 cm³/mol. The monoisotopic (exact) mass is 424 g/mol. The maximum Gasteiger partial charge on any atom is 0.162 e. The number of aromatic nitrogens is 2. The standard InChI is InChI=1S/C27H40N2O2/c1-4-6-9-18-31-19-10-12-23-20-28-27(29-21-23)25-16-14-24(15-17-25)26(30)13-8-7-11-22(3)5-2/h14-17,20-22H,4-13,18-19H2,1-3H3. The van der Waals surface area contributed by atoms with Gasteiger partial charge in [0.15, 0.2) is 11.6 Å². The molecule has 0 amide bonds. The quantitative estimate of drug-likeness (QED) is 0.213. The van der Waals surface area contributed by atoms with Crippen LogP contribution in [0.4, 0.5) is 0 Å². The third-order valence-corrected chi connectivity index (χ3v) is 5.86. The highest BCUT2D eigenvalue weighted by Gasteiger charge is 2.08. The van der Waals surface area contributed by atoms with Crippen LogP contribution in [0.25, 0.3) is 11.4 Å². The summed E-state index contributed by atoms with van der Waals surface area (Å²) in [5, 5.41) is 0. The van der Waals surface area contributed by atoms with Crippen LogP contribution in [0.3, 0.4) is 0 Å². The van der Waals surface area contributed by atoms with Gasteiger partial charge in [0.1, 0.15) is 0 Å². The van der Waals surface area contributed by atoms with Crippen LogP contribution in [0.1, 0.15) is 94.5 Å². The third-order valence-electron chi connectivity index (χ3n) is 5.86. The lowest BCUT2D eigenvalue weighted by molar-refractivity contribution is 0.0978. The molecular formula is C27H40N2O2. The molecular weight excluding hydrogens is 384 g/mol. The number of nitrogens with zero attached hydrogens (tertiary/aromatic N) is 2. The largest absolute Gasteiger partial charge is 0.381 e. The highest BCUT2D eigenvalue weighted by molar-refractivity contribution is 5.96. The Balaban J connectivity index is 1.74. The van der Waals surface area contributed by atoms with Crippen molar-refractivity contribution in [1.29, 1.82) is 0 Å². The zero-order valence-corrected chi connectivity index (χ0v) is 19.7. The Morgan fingerprint density at radius 1 is 0.935 bits per heavy atom. The molecule has 0 radical (unpaired) electrons. The molecule has 0 saturated carbocycles. The molecule has 170 valence electrons. The summed E-state index contributed by atoms with van der Waals surface area (Å²) in [5.41, 5.74) is 2.85. The number of unbranched alkanes of at least 4 members (excludes halogenated alkanes) is 3. The molecule has 1 aromatic carbocycles. The van der Waals surface area contributed by atoms with Gasteiger partial charge in [-0.05, 0) is 37.2 Å². The highest BCUT2D eigenvalue weighted by Crippen LogP contribution is 2.18. The molecule has 0 bridgehead atoms. The summed E-state index contributed by atoms with van der Waals surface area (Å²) in [6.07, 6.45) is 14.5. The Bertz CT molecular complexity index is 741. The van der Waals surface area contributed by atoms with Crippen molar-refractivity contribution in [1.82, 2.24) is 9.97 Å². The summed E-state index contributed by atoms with van der Waals surface area (Å²) in [5.74, 6) is 1.68. The average molecular weight is 425 g/mol. The Labute approximate surface area is 188 Å². The van der Waals surface area contributed by atoms with Gasteiger partial charge in [-0.2, -0.15) is 0 Å². The van der Waals surface area contributed by atoms with E-state index in [1.54, 1.807) is 0 Å². The van der Waals surface area contributed by atoms with Crippen molar-refractivity contribution in [3.63, 3.8) is 0 Å². The van der Waals surface area contributed by atoms with Crippen LogP contribution in [0.15, 0.2) is 36.7 Å². The summed E-state index contributed by atoms with van der Waals surface area (Å²) >= 11 is 0. The first-order valence-corrected chi connectivity index (χ1v) is 12.2. The highest BCUT2D eigenvalue weighted by atomic mass is 16.5. The molecule has 2 rings (SSSR count). The Morgan fingerprint density at radius 3 is 2.32 bits per heavy atom. The van der Waals surface area contributed by atoms with E-state index in [1.165, 1.54) is 25.7 Å². The van der Waals surface area contributed by atoms with E-state index in [4.69, 9.17) is 4.74 Å². The second kappa shape index (κ2) is 14.9. The molecule has 1 aromatic heterocycles. The van der Waals surface area contributed by atoms with Crippen LogP contribution in [0.5, 0.6) is 0 Å². The second-order valence-electron chi connectivity index (χ2n) is 8.60. The van der Waals surface area contributed by atoms with Crippen molar-refractivity contribution in [2.24, 2.45) is 5.92 Å². The lowest BCUT2D eigenvalue weighted by Crippen LogP contribution is -2.01. The van der Waals surface area contributed by atoms with Gasteiger partial charge >= 0.3 is 0 Å². The van der Waals surface area contributed by atoms with Crippen LogP contribution in [0.2, 0.25) is 0 Å². The number of ketones is 1. The van der Waals surface area contributed by atoms with Crippen molar-refractivity contribution in [3.05, 3.63) is 47.8 Å². The number of ether oxygens (including phenoxy) is 1. The van der Waals surface area contributed by atoms with E-state index < -0.39 is 0 Å². The number of Topliss-reactive ketones (excluding diaryl/α,β-unsaturated/α-hetero) is 1. The SMILES string of the molecule is CCCCCOCCCc1cnc(-c2ccc(C(=O)CCCCC(C)CC)cc2)nc1. The lowest BCUT2D eigenvalue weighted by Gasteiger charge is -2.07. The molecule has 31 heavy (non-hydrogen) atoms. The Hall–Kier alpha value is -2.07. The molecule has 0 aliphatic rings. The van der Waals surface area contributed by atoms with Gasteiger partial charge in [0, 0.05) is 43.2 Å². The van der Waals surface area contributed by atoms with E-state index in [9.17, 15) is 4.79 Å². The minimum atomic E-state index is 0.226. The van der Waals surface area contributed by atoms with E-state index in [2.05, 4.69) is 30.7 Å². The minimum absolute atomic E-state index is 0.226. The minimum Gasteiger partial charge on any atom is -0.381 e. The van der Waals surface area contributed by atoms with Crippen molar-refractivity contribution in [2.75, 3.05) is 13.2 Å². The van der Waals surface area contributed by atoms with Gasteiger partial charge in [-0.3, -0.25) is 4.79 Å². The molecule has 0 N–H and O–H groups in total. The first-order valence-electron chi connectivity index (χ1n) is 12.2. The smallest absolute Gasteiger partial charge is 0.162 e. The average Bonchev–Trinajstić information content (AvgIpc) is 2.81. The molecule has 1 unspecified atom stereocenters. The Kier molecular flexibility index (Phi) is 12.1. The molecule has 0 fully saturated rings. The van der Waals surface area contributed by atoms with Crippen LogP contribution in [-0.2, 0) is 11.2 Å². The number of rotatable bonds is 16.